The van der Waals surface area contributed by atoms with E-state index in [4.69, 9.17) is 4.74 Å². The minimum Gasteiger partial charge on any atom is -0.487 e. The van der Waals surface area contributed by atoms with Crippen molar-refractivity contribution in [3.05, 3.63) is 93.6 Å². The Hall–Kier alpha value is -2.94. The minimum absolute atomic E-state index is 0.114. The van der Waals surface area contributed by atoms with Crippen molar-refractivity contribution in [2.45, 2.75) is 43.4 Å². The zero-order valence-electron chi connectivity index (χ0n) is 18.3. The molecule has 0 bridgehead atoms. The molecule has 8 heteroatoms. The van der Waals surface area contributed by atoms with Gasteiger partial charge in [-0.05, 0) is 43.7 Å². The molecule has 1 aromatic heterocycles. The van der Waals surface area contributed by atoms with Crippen molar-refractivity contribution >= 4 is 31.6 Å². The Bertz CT molecular complexity index is 1490. The van der Waals surface area contributed by atoms with Gasteiger partial charge in [0.15, 0.2) is 0 Å². The minimum atomic E-state index is -3.82. The molecular weight excluding hydrogens is 456 g/mol. The van der Waals surface area contributed by atoms with Crippen LogP contribution in [0.15, 0.2) is 82.5 Å². The van der Waals surface area contributed by atoms with E-state index in [2.05, 4.69) is 4.72 Å². The van der Waals surface area contributed by atoms with Crippen LogP contribution in [0.3, 0.4) is 0 Å². The lowest BCUT2D eigenvalue weighted by molar-refractivity contribution is 0.0702. The zero-order valence-corrected chi connectivity index (χ0v) is 19.9. The first-order valence-electron chi connectivity index (χ1n) is 10.7. The summed E-state index contributed by atoms with van der Waals surface area (Å²) in [5.41, 5.74) is 2.06. The predicted octanol–water partition coefficient (Wildman–Crippen LogP) is 4.69. The molecule has 6 nitrogen and oxygen atoms in total. The molecule has 0 unspecified atom stereocenters. The predicted molar refractivity (Wildman–Crippen MR) is 130 cm³/mol. The van der Waals surface area contributed by atoms with Gasteiger partial charge in [0, 0.05) is 12.0 Å². The van der Waals surface area contributed by atoms with Crippen LogP contribution in [0.4, 0.5) is 0 Å². The van der Waals surface area contributed by atoms with Crippen LogP contribution in [0, 0.1) is 0 Å². The Kier molecular flexibility index (Phi) is 5.39. The number of hydrogen-bond acceptors (Lipinski definition) is 5. The summed E-state index contributed by atoms with van der Waals surface area (Å²) in [6.07, 6.45) is 0.506. The third-order valence-electron chi connectivity index (χ3n) is 5.81. The van der Waals surface area contributed by atoms with Crippen molar-refractivity contribution in [3.8, 4) is 5.75 Å². The normalized spacial score (nSPS) is 17.5. The summed E-state index contributed by atoms with van der Waals surface area (Å²) < 4.78 is 37.8. The quantitative estimate of drug-likeness (QED) is 0.450. The fourth-order valence-corrected chi connectivity index (χ4v) is 6.54. The highest BCUT2D eigenvalue weighted by molar-refractivity contribution is 7.89. The van der Waals surface area contributed by atoms with Crippen LogP contribution < -0.4 is 14.3 Å². The molecule has 0 saturated carbocycles. The Morgan fingerprint density at radius 1 is 1.06 bits per heavy atom. The van der Waals surface area contributed by atoms with Crippen LogP contribution in [0.5, 0.6) is 5.75 Å². The number of aromatic nitrogens is 1. The van der Waals surface area contributed by atoms with Crippen molar-refractivity contribution in [2.24, 2.45) is 0 Å². The van der Waals surface area contributed by atoms with Gasteiger partial charge in [-0.3, -0.25) is 9.36 Å². The second-order valence-electron chi connectivity index (χ2n) is 8.85. The van der Waals surface area contributed by atoms with Gasteiger partial charge < -0.3 is 4.74 Å². The first kappa shape index (κ1) is 21.9. The molecule has 1 atom stereocenters. The molecule has 0 fully saturated rings. The third kappa shape index (κ3) is 4.34. The van der Waals surface area contributed by atoms with Gasteiger partial charge in [0.1, 0.15) is 11.4 Å². The number of nitrogens with one attached hydrogen (secondary N) is 1. The number of para-hydroxylation sites is 1. The maximum atomic E-state index is 13.3. The lowest BCUT2D eigenvalue weighted by atomic mass is 9.90. The van der Waals surface area contributed by atoms with Crippen LogP contribution >= 0.6 is 11.3 Å². The Balaban J connectivity index is 1.47. The van der Waals surface area contributed by atoms with E-state index < -0.39 is 21.7 Å². The first-order chi connectivity index (χ1) is 15.7. The molecule has 0 radical (unpaired) electrons. The number of fused-ring (bicyclic) bond motifs is 2. The van der Waals surface area contributed by atoms with Crippen molar-refractivity contribution < 1.29 is 13.2 Å². The number of benzene rings is 3. The molecule has 33 heavy (non-hydrogen) atoms. The molecule has 1 aliphatic rings. The highest BCUT2D eigenvalue weighted by atomic mass is 32.2. The number of rotatable bonds is 5. The lowest BCUT2D eigenvalue weighted by Gasteiger charge is -2.37. The Morgan fingerprint density at radius 2 is 1.79 bits per heavy atom. The number of sulfonamides is 1. The van der Waals surface area contributed by atoms with Gasteiger partial charge in [-0.25, -0.2) is 13.1 Å². The van der Waals surface area contributed by atoms with Gasteiger partial charge in [-0.15, -0.1) is 0 Å². The van der Waals surface area contributed by atoms with Crippen molar-refractivity contribution in [1.82, 2.24) is 9.29 Å². The van der Waals surface area contributed by atoms with Crippen molar-refractivity contribution in [2.75, 3.05) is 0 Å². The van der Waals surface area contributed by atoms with Gasteiger partial charge >= 0.3 is 4.87 Å². The number of ether oxygens (including phenoxy) is 1. The second-order valence-corrected chi connectivity index (χ2v) is 11.6. The van der Waals surface area contributed by atoms with E-state index in [1.54, 1.807) is 22.8 Å². The standard InChI is InChI=1S/C25H24N2O4S2/c1-25(2)15-20(19-10-6-7-11-22(19)31-25)26-33(29,30)18-12-13-21-23(14-18)32-24(28)27(21)16-17-8-4-3-5-9-17/h3-14,20,26H,15-16H2,1-2H3/t20-/m0/s1. The van der Waals surface area contributed by atoms with E-state index in [1.807, 2.05) is 68.4 Å². The van der Waals surface area contributed by atoms with E-state index in [1.165, 1.54) is 0 Å². The fraction of sp³-hybridized carbons (Fsp3) is 0.240. The molecule has 0 saturated heterocycles. The largest absolute Gasteiger partial charge is 0.487 e. The maximum Gasteiger partial charge on any atom is 0.308 e. The van der Waals surface area contributed by atoms with E-state index >= 15 is 0 Å². The van der Waals surface area contributed by atoms with Crippen LogP contribution in [0.1, 0.15) is 37.4 Å². The second kappa shape index (κ2) is 8.13. The average Bonchev–Trinajstić information content (AvgIpc) is 3.08. The molecular formula is C25H24N2O4S2. The molecule has 2 heterocycles. The van der Waals surface area contributed by atoms with E-state index in [0.29, 0.717) is 23.4 Å². The molecule has 5 rings (SSSR count). The number of hydrogen-bond donors (Lipinski definition) is 1. The van der Waals surface area contributed by atoms with Crippen molar-refractivity contribution in [1.29, 1.82) is 0 Å². The molecule has 0 aliphatic carbocycles. The first-order valence-corrected chi connectivity index (χ1v) is 13.0. The molecule has 1 aliphatic heterocycles. The van der Waals surface area contributed by atoms with Gasteiger partial charge in [-0.1, -0.05) is 59.9 Å². The zero-order chi connectivity index (χ0) is 23.2. The van der Waals surface area contributed by atoms with Crippen LogP contribution in [0.25, 0.3) is 10.2 Å². The SMILES string of the molecule is CC1(C)C[C@H](NS(=O)(=O)c2ccc3c(c2)sc(=O)n3Cc2ccccc2)c2ccccc2O1. The Morgan fingerprint density at radius 3 is 2.58 bits per heavy atom. The maximum absolute atomic E-state index is 13.3. The van der Waals surface area contributed by atoms with Gasteiger partial charge in [0.05, 0.1) is 27.7 Å². The molecule has 1 N–H and O–H groups in total. The van der Waals surface area contributed by atoms with E-state index in [0.717, 1.165) is 28.0 Å². The fourth-order valence-electron chi connectivity index (χ4n) is 4.29. The van der Waals surface area contributed by atoms with Crippen LogP contribution in [-0.4, -0.2) is 18.6 Å². The lowest BCUT2D eigenvalue weighted by Crippen LogP contribution is -2.41. The molecule has 170 valence electrons. The van der Waals surface area contributed by atoms with Crippen molar-refractivity contribution in [3.63, 3.8) is 0 Å². The number of nitrogens with zero attached hydrogens (tertiary/aromatic N) is 1. The average molecular weight is 481 g/mol. The van der Waals surface area contributed by atoms with E-state index in [9.17, 15) is 13.2 Å². The third-order valence-corrected chi connectivity index (χ3v) is 8.22. The van der Waals surface area contributed by atoms with Crippen LogP contribution in [-0.2, 0) is 16.6 Å². The highest BCUT2D eigenvalue weighted by Gasteiger charge is 2.36. The summed E-state index contributed by atoms with van der Waals surface area (Å²) in [5.74, 6) is 0.688. The monoisotopic (exact) mass is 480 g/mol. The molecule has 3 aromatic carbocycles. The summed E-state index contributed by atoms with van der Waals surface area (Å²) in [6.45, 7) is 4.34. The molecule has 0 amide bonds. The summed E-state index contributed by atoms with van der Waals surface area (Å²) in [4.78, 5) is 12.7. The summed E-state index contributed by atoms with van der Waals surface area (Å²) in [7, 11) is -3.82. The molecule has 0 spiro atoms. The Labute approximate surface area is 196 Å². The summed E-state index contributed by atoms with van der Waals surface area (Å²) >= 11 is 1.06. The van der Waals surface area contributed by atoms with Gasteiger partial charge in [0.25, 0.3) is 0 Å². The smallest absolute Gasteiger partial charge is 0.308 e. The topological polar surface area (TPSA) is 77.4 Å². The number of thiazole rings is 1. The summed E-state index contributed by atoms with van der Waals surface area (Å²) in [5, 5.41) is 0. The highest BCUT2D eigenvalue weighted by Crippen LogP contribution is 2.40. The summed E-state index contributed by atoms with van der Waals surface area (Å²) in [6, 6.07) is 21.7. The van der Waals surface area contributed by atoms with Gasteiger partial charge in [0.2, 0.25) is 10.0 Å². The van der Waals surface area contributed by atoms with Gasteiger partial charge in [-0.2, -0.15) is 0 Å². The van der Waals surface area contributed by atoms with E-state index in [-0.39, 0.29) is 9.77 Å². The van der Waals surface area contributed by atoms with Crippen LogP contribution in [0.2, 0.25) is 0 Å². The molecule has 4 aromatic rings.